The van der Waals surface area contributed by atoms with Crippen LogP contribution in [-0.4, -0.2) is 26.5 Å². The average Bonchev–Trinajstić information content (AvgIpc) is 2.76. The lowest BCUT2D eigenvalue weighted by Gasteiger charge is -2.12. The summed E-state index contributed by atoms with van der Waals surface area (Å²) in [6.07, 6.45) is 5.14. The first-order chi connectivity index (χ1) is 8.59. The van der Waals surface area contributed by atoms with Crippen molar-refractivity contribution in [2.75, 3.05) is 5.32 Å². The van der Waals surface area contributed by atoms with Gasteiger partial charge in [0.05, 0.1) is 11.7 Å². The lowest BCUT2D eigenvalue weighted by Crippen LogP contribution is -2.32. The fourth-order valence-electron chi connectivity index (χ4n) is 1.53. The molecule has 0 spiro atoms. The molecule has 0 aliphatic heterocycles. The van der Waals surface area contributed by atoms with Crippen molar-refractivity contribution in [3.05, 3.63) is 36.5 Å². The number of carbonyl (C=O) groups is 1. The zero-order valence-electron chi connectivity index (χ0n) is 10.3. The molecular weight excluding hydrogens is 230 g/mol. The molecule has 3 N–H and O–H groups in total. The normalized spacial score (nSPS) is 12.2. The highest BCUT2D eigenvalue weighted by molar-refractivity contribution is 5.95. The van der Waals surface area contributed by atoms with Crippen LogP contribution in [0.1, 0.15) is 12.7 Å². The molecule has 1 atom stereocenters. The number of hydrogen-bond donors (Lipinski definition) is 2. The number of amides is 1. The van der Waals surface area contributed by atoms with Crippen LogP contribution in [0.5, 0.6) is 0 Å². The molecule has 2 aromatic heterocycles. The Kier molecular flexibility index (Phi) is 3.38. The van der Waals surface area contributed by atoms with Crippen molar-refractivity contribution in [1.29, 1.82) is 0 Å². The van der Waals surface area contributed by atoms with E-state index in [0.29, 0.717) is 11.5 Å². The summed E-state index contributed by atoms with van der Waals surface area (Å²) in [5.41, 5.74) is 6.14. The molecule has 0 aromatic carbocycles. The first kappa shape index (κ1) is 12.3. The molecule has 2 rings (SSSR count). The molecule has 94 valence electrons. The topological polar surface area (TPSA) is 85.8 Å². The van der Waals surface area contributed by atoms with E-state index in [1.807, 2.05) is 6.92 Å². The summed E-state index contributed by atoms with van der Waals surface area (Å²) in [5, 5.41) is 2.75. The van der Waals surface area contributed by atoms with Crippen molar-refractivity contribution >= 4 is 11.6 Å². The Labute approximate surface area is 105 Å². The van der Waals surface area contributed by atoms with Crippen molar-refractivity contribution in [1.82, 2.24) is 14.5 Å². The summed E-state index contributed by atoms with van der Waals surface area (Å²) in [4.78, 5) is 20.0. The van der Waals surface area contributed by atoms with E-state index in [1.54, 1.807) is 42.2 Å². The largest absolute Gasteiger partial charge is 0.322 e. The summed E-state index contributed by atoms with van der Waals surface area (Å²) >= 11 is 0. The van der Waals surface area contributed by atoms with Crippen molar-refractivity contribution in [3.63, 3.8) is 0 Å². The molecule has 0 radical (unpaired) electrons. The lowest BCUT2D eigenvalue weighted by molar-refractivity contribution is -0.117. The highest BCUT2D eigenvalue weighted by Crippen LogP contribution is 2.18. The van der Waals surface area contributed by atoms with Crippen LogP contribution in [0.15, 0.2) is 30.7 Å². The molecule has 0 saturated heterocycles. The Morgan fingerprint density at radius 1 is 1.44 bits per heavy atom. The van der Waals surface area contributed by atoms with Gasteiger partial charge in [-0.05, 0) is 26.0 Å². The minimum Gasteiger partial charge on any atom is -0.322 e. The van der Waals surface area contributed by atoms with E-state index in [9.17, 15) is 4.79 Å². The molecule has 0 unspecified atom stereocenters. The first-order valence-corrected chi connectivity index (χ1v) is 5.61. The maximum atomic E-state index is 11.6. The molecule has 0 aliphatic carbocycles. The number of pyridine rings is 1. The summed E-state index contributed by atoms with van der Waals surface area (Å²) < 4.78 is 1.80. The predicted octanol–water partition coefficient (Wildman–Crippen LogP) is 0.861. The number of aromatic nitrogens is 3. The zero-order valence-corrected chi connectivity index (χ0v) is 10.3. The van der Waals surface area contributed by atoms with Crippen molar-refractivity contribution < 1.29 is 4.79 Å². The van der Waals surface area contributed by atoms with E-state index < -0.39 is 6.04 Å². The molecule has 0 bridgehead atoms. The lowest BCUT2D eigenvalue weighted by atomic mass is 10.3. The number of nitrogens with zero attached hydrogens (tertiary/aromatic N) is 3. The van der Waals surface area contributed by atoms with Gasteiger partial charge in [-0.25, -0.2) is 9.97 Å². The molecule has 18 heavy (non-hydrogen) atoms. The number of carbonyl (C=O) groups excluding carboxylic acids is 1. The van der Waals surface area contributed by atoms with Gasteiger partial charge in [0.2, 0.25) is 5.91 Å². The van der Waals surface area contributed by atoms with Gasteiger partial charge in [-0.2, -0.15) is 0 Å². The molecule has 1 amide bonds. The standard InChI is InChI=1S/C12H15N5O/c1-8(13)12(18)16-10-4-3-5-15-11(10)17-7-6-14-9(17)2/h3-8H,13H2,1-2H3,(H,16,18)/t8-/m1/s1. The third kappa shape index (κ3) is 2.38. The summed E-state index contributed by atoms with van der Waals surface area (Å²) in [6.45, 7) is 3.50. The Morgan fingerprint density at radius 2 is 2.22 bits per heavy atom. The Hall–Kier alpha value is -2.21. The highest BCUT2D eigenvalue weighted by atomic mass is 16.2. The summed E-state index contributed by atoms with van der Waals surface area (Å²) in [7, 11) is 0. The molecular formula is C12H15N5O. The molecule has 0 fully saturated rings. The number of nitrogens with two attached hydrogens (primary N) is 1. The van der Waals surface area contributed by atoms with Crippen LogP contribution in [0, 0.1) is 6.92 Å². The quantitative estimate of drug-likeness (QED) is 0.839. The van der Waals surface area contributed by atoms with E-state index in [0.717, 1.165) is 5.82 Å². The minimum atomic E-state index is -0.568. The zero-order chi connectivity index (χ0) is 13.1. The van der Waals surface area contributed by atoms with Crippen LogP contribution in [0.3, 0.4) is 0 Å². The molecule has 0 aliphatic rings. The highest BCUT2D eigenvalue weighted by Gasteiger charge is 2.12. The van der Waals surface area contributed by atoms with Gasteiger partial charge in [-0.15, -0.1) is 0 Å². The average molecular weight is 245 g/mol. The van der Waals surface area contributed by atoms with Gasteiger partial charge in [0.25, 0.3) is 0 Å². The SMILES string of the molecule is Cc1nccn1-c1ncccc1NC(=O)[C@@H](C)N. The smallest absolute Gasteiger partial charge is 0.241 e. The minimum absolute atomic E-state index is 0.248. The van der Waals surface area contributed by atoms with Crippen LogP contribution in [0.25, 0.3) is 5.82 Å². The van der Waals surface area contributed by atoms with Crippen molar-refractivity contribution in [3.8, 4) is 5.82 Å². The molecule has 6 heteroatoms. The number of nitrogens with one attached hydrogen (secondary N) is 1. The number of aryl methyl sites for hydroxylation is 1. The maximum absolute atomic E-state index is 11.6. The van der Waals surface area contributed by atoms with Crippen LogP contribution in [0.4, 0.5) is 5.69 Å². The number of imidazole rings is 1. The van der Waals surface area contributed by atoms with Crippen LogP contribution >= 0.6 is 0 Å². The second kappa shape index (κ2) is 4.97. The first-order valence-electron chi connectivity index (χ1n) is 5.61. The fourth-order valence-corrected chi connectivity index (χ4v) is 1.53. The van der Waals surface area contributed by atoms with Gasteiger partial charge in [-0.1, -0.05) is 0 Å². The predicted molar refractivity (Wildman–Crippen MR) is 68.4 cm³/mol. The Morgan fingerprint density at radius 3 is 2.83 bits per heavy atom. The van der Waals surface area contributed by atoms with Gasteiger partial charge >= 0.3 is 0 Å². The van der Waals surface area contributed by atoms with Crippen molar-refractivity contribution in [2.45, 2.75) is 19.9 Å². The van der Waals surface area contributed by atoms with Crippen LogP contribution < -0.4 is 11.1 Å². The maximum Gasteiger partial charge on any atom is 0.241 e. The third-order valence-corrected chi connectivity index (χ3v) is 2.51. The van der Waals surface area contributed by atoms with Gasteiger partial charge < -0.3 is 11.1 Å². The molecule has 0 saturated carbocycles. The van der Waals surface area contributed by atoms with E-state index in [-0.39, 0.29) is 5.91 Å². The second-order valence-corrected chi connectivity index (χ2v) is 4.00. The number of rotatable bonds is 3. The van der Waals surface area contributed by atoms with Crippen LogP contribution in [0.2, 0.25) is 0 Å². The number of hydrogen-bond acceptors (Lipinski definition) is 4. The molecule has 6 nitrogen and oxygen atoms in total. The van der Waals surface area contributed by atoms with E-state index >= 15 is 0 Å². The van der Waals surface area contributed by atoms with Gasteiger partial charge in [0, 0.05) is 18.6 Å². The molecule has 2 heterocycles. The fraction of sp³-hybridized carbons (Fsp3) is 0.250. The molecule has 2 aromatic rings. The van der Waals surface area contributed by atoms with Gasteiger partial charge in [0.15, 0.2) is 5.82 Å². The van der Waals surface area contributed by atoms with Gasteiger partial charge in [-0.3, -0.25) is 9.36 Å². The summed E-state index contributed by atoms with van der Waals surface area (Å²) in [5.74, 6) is 1.17. The Bertz CT molecular complexity index is 561. The van der Waals surface area contributed by atoms with E-state index in [1.165, 1.54) is 0 Å². The van der Waals surface area contributed by atoms with Crippen LogP contribution in [-0.2, 0) is 4.79 Å². The number of anilines is 1. The van der Waals surface area contributed by atoms with Crippen molar-refractivity contribution in [2.24, 2.45) is 5.73 Å². The van der Waals surface area contributed by atoms with Gasteiger partial charge in [0.1, 0.15) is 5.82 Å². The van der Waals surface area contributed by atoms with E-state index in [4.69, 9.17) is 5.73 Å². The second-order valence-electron chi connectivity index (χ2n) is 4.00. The third-order valence-electron chi connectivity index (χ3n) is 2.51. The Balaban J connectivity index is 2.38. The summed E-state index contributed by atoms with van der Waals surface area (Å²) in [6, 6.07) is 2.97. The van der Waals surface area contributed by atoms with E-state index in [2.05, 4.69) is 15.3 Å². The monoisotopic (exact) mass is 245 g/mol.